The number of hydrogen-bond acceptors (Lipinski definition) is 3. The molecule has 3 atom stereocenters. The van der Waals surface area contributed by atoms with Gasteiger partial charge in [-0.1, -0.05) is 6.92 Å². The molecule has 19 heavy (non-hydrogen) atoms. The lowest BCUT2D eigenvalue weighted by Gasteiger charge is -2.15. The molecule has 0 aliphatic heterocycles. The lowest BCUT2D eigenvalue weighted by molar-refractivity contribution is -0.146. The molecule has 104 valence electrons. The quantitative estimate of drug-likeness (QED) is 0.842. The fourth-order valence-corrected chi connectivity index (χ4v) is 2.74. The van der Waals surface area contributed by atoms with Crippen molar-refractivity contribution in [3.8, 4) is 0 Å². The number of amides is 1. The van der Waals surface area contributed by atoms with E-state index in [0.717, 1.165) is 5.69 Å². The first-order valence-electron chi connectivity index (χ1n) is 6.46. The minimum Gasteiger partial charge on any atom is -0.481 e. The highest BCUT2D eigenvalue weighted by Crippen LogP contribution is 2.36. The molecule has 1 saturated carbocycles. The largest absolute Gasteiger partial charge is 0.481 e. The van der Waals surface area contributed by atoms with E-state index < -0.39 is 17.8 Å². The van der Waals surface area contributed by atoms with E-state index in [1.165, 1.54) is 0 Å². The molecule has 6 nitrogen and oxygen atoms in total. The number of carbonyl (C=O) groups is 2. The Morgan fingerprint density at radius 3 is 2.74 bits per heavy atom. The van der Waals surface area contributed by atoms with Crippen molar-refractivity contribution >= 4 is 11.9 Å². The molecule has 6 heteroatoms. The van der Waals surface area contributed by atoms with E-state index >= 15 is 0 Å². The van der Waals surface area contributed by atoms with E-state index in [1.807, 2.05) is 13.0 Å². The van der Waals surface area contributed by atoms with Crippen LogP contribution in [0.3, 0.4) is 0 Å². The summed E-state index contributed by atoms with van der Waals surface area (Å²) in [6.07, 6.45) is 2.90. The van der Waals surface area contributed by atoms with Crippen LogP contribution in [0, 0.1) is 17.8 Å². The molecule has 3 unspecified atom stereocenters. The zero-order valence-electron chi connectivity index (χ0n) is 11.2. The molecule has 0 radical (unpaired) electrons. The van der Waals surface area contributed by atoms with Gasteiger partial charge in [-0.05, 0) is 24.8 Å². The van der Waals surface area contributed by atoms with Gasteiger partial charge in [0.05, 0.1) is 24.1 Å². The van der Waals surface area contributed by atoms with E-state index in [0.29, 0.717) is 19.4 Å². The minimum absolute atomic E-state index is 0.169. The van der Waals surface area contributed by atoms with E-state index in [9.17, 15) is 9.59 Å². The Morgan fingerprint density at radius 2 is 2.16 bits per heavy atom. The third-order valence-corrected chi connectivity index (χ3v) is 3.82. The predicted octanol–water partition coefficient (Wildman–Crippen LogP) is 0.783. The van der Waals surface area contributed by atoms with E-state index in [1.54, 1.807) is 17.9 Å². The normalized spacial score (nSPS) is 26.3. The summed E-state index contributed by atoms with van der Waals surface area (Å²) in [4.78, 5) is 23.3. The molecule has 0 aromatic carbocycles. The van der Waals surface area contributed by atoms with Crippen LogP contribution in [0.2, 0.25) is 0 Å². The van der Waals surface area contributed by atoms with Gasteiger partial charge in [-0.25, -0.2) is 0 Å². The first kappa shape index (κ1) is 13.6. The number of nitrogens with one attached hydrogen (secondary N) is 1. The summed E-state index contributed by atoms with van der Waals surface area (Å²) < 4.78 is 1.69. The Kier molecular flexibility index (Phi) is 3.87. The van der Waals surface area contributed by atoms with Crippen LogP contribution < -0.4 is 5.32 Å². The smallest absolute Gasteiger partial charge is 0.307 e. The number of carboxylic acids is 1. The number of carbonyl (C=O) groups excluding carboxylic acids is 1. The molecule has 0 bridgehead atoms. The van der Waals surface area contributed by atoms with E-state index in [-0.39, 0.29) is 11.8 Å². The molecule has 1 aromatic rings. The second-order valence-electron chi connectivity index (χ2n) is 5.29. The van der Waals surface area contributed by atoms with Crippen LogP contribution in [0.4, 0.5) is 0 Å². The fraction of sp³-hybridized carbons (Fsp3) is 0.615. The molecule has 0 saturated heterocycles. The summed E-state index contributed by atoms with van der Waals surface area (Å²) in [5.74, 6) is -1.72. The fourth-order valence-electron chi connectivity index (χ4n) is 2.74. The second-order valence-corrected chi connectivity index (χ2v) is 5.29. The summed E-state index contributed by atoms with van der Waals surface area (Å²) >= 11 is 0. The van der Waals surface area contributed by atoms with Gasteiger partial charge in [0.1, 0.15) is 0 Å². The van der Waals surface area contributed by atoms with Gasteiger partial charge in [0.2, 0.25) is 5.91 Å². The number of carboxylic acid groups (broad SMARTS) is 1. The number of hydrogen-bond donors (Lipinski definition) is 2. The molecule has 1 aromatic heterocycles. The maximum atomic E-state index is 12.1. The zero-order chi connectivity index (χ0) is 14.0. The van der Waals surface area contributed by atoms with Gasteiger partial charge < -0.3 is 10.4 Å². The minimum atomic E-state index is -0.870. The first-order chi connectivity index (χ1) is 8.99. The van der Waals surface area contributed by atoms with Crippen molar-refractivity contribution in [2.45, 2.75) is 26.3 Å². The molecule has 1 aliphatic carbocycles. The maximum absolute atomic E-state index is 12.1. The summed E-state index contributed by atoms with van der Waals surface area (Å²) in [5, 5.41) is 16.0. The van der Waals surface area contributed by atoms with Crippen molar-refractivity contribution in [3.05, 3.63) is 18.0 Å². The number of aryl methyl sites for hydroxylation is 1. The van der Waals surface area contributed by atoms with Crippen molar-refractivity contribution in [1.29, 1.82) is 0 Å². The Hall–Kier alpha value is -1.85. The first-order valence-corrected chi connectivity index (χ1v) is 6.46. The number of aliphatic carboxylic acids is 1. The van der Waals surface area contributed by atoms with Crippen LogP contribution in [0.25, 0.3) is 0 Å². The molecular weight excluding hydrogens is 246 g/mol. The monoisotopic (exact) mass is 265 g/mol. The van der Waals surface area contributed by atoms with Gasteiger partial charge in [0.15, 0.2) is 0 Å². The van der Waals surface area contributed by atoms with Gasteiger partial charge in [-0.2, -0.15) is 5.10 Å². The molecule has 1 fully saturated rings. The molecule has 1 amide bonds. The molecule has 1 heterocycles. The highest BCUT2D eigenvalue weighted by molar-refractivity contribution is 5.85. The molecule has 1 aliphatic rings. The summed E-state index contributed by atoms with van der Waals surface area (Å²) in [6.45, 7) is 2.37. The van der Waals surface area contributed by atoms with Gasteiger partial charge >= 0.3 is 5.97 Å². The summed E-state index contributed by atoms with van der Waals surface area (Å²) in [6, 6.07) is 1.83. The van der Waals surface area contributed by atoms with Crippen molar-refractivity contribution < 1.29 is 14.7 Å². The third kappa shape index (κ3) is 2.94. The van der Waals surface area contributed by atoms with E-state index in [2.05, 4.69) is 10.4 Å². The van der Waals surface area contributed by atoms with Crippen molar-refractivity contribution in [3.63, 3.8) is 0 Å². The molecule has 2 N–H and O–H groups in total. The topological polar surface area (TPSA) is 84.2 Å². The van der Waals surface area contributed by atoms with Crippen molar-refractivity contribution in [2.75, 3.05) is 0 Å². The standard InChI is InChI=1S/C13H19N3O3/c1-8-5-10(11(6-8)13(18)19)12(17)14-7-9-3-4-15-16(9)2/h3-4,8,10-11H,5-7H2,1-2H3,(H,14,17)(H,18,19). The van der Waals surface area contributed by atoms with Crippen LogP contribution in [-0.2, 0) is 23.2 Å². The molecule has 0 spiro atoms. The van der Waals surface area contributed by atoms with Crippen LogP contribution in [0.15, 0.2) is 12.3 Å². The van der Waals surface area contributed by atoms with Crippen LogP contribution in [0.5, 0.6) is 0 Å². The second kappa shape index (κ2) is 5.42. The van der Waals surface area contributed by atoms with Crippen LogP contribution >= 0.6 is 0 Å². The van der Waals surface area contributed by atoms with Crippen LogP contribution in [-0.4, -0.2) is 26.8 Å². The average molecular weight is 265 g/mol. The summed E-state index contributed by atoms with van der Waals surface area (Å²) in [7, 11) is 1.80. The van der Waals surface area contributed by atoms with Crippen LogP contribution in [0.1, 0.15) is 25.5 Å². The van der Waals surface area contributed by atoms with Gasteiger partial charge in [-0.15, -0.1) is 0 Å². The van der Waals surface area contributed by atoms with Crippen molar-refractivity contribution in [1.82, 2.24) is 15.1 Å². The average Bonchev–Trinajstić information content (AvgIpc) is 2.92. The lowest BCUT2D eigenvalue weighted by Crippen LogP contribution is -2.35. The predicted molar refractivity (Wildman–Crippen MR) is 68.1 cm³/mol. The van der Waals surface area contributed by atoms with Gasteiger partial charge in [0, 0.05) is 13.2 Å². The molecule has 2 rings (SSSR count). The number of aromatic nitrogens is 2. The third-order valence-electron chi connectivity index (χ3n) is 3.82. The van der Waals surface area contributed by atoms with Crippen molar-refractivity contribution in [2.24, 2.45) is 24.8 Å². The Balaban J connectivity index is 1.96. The van der Waals surface area contributed by atoms with Gasteiger partial charge in [0.25, 0.3) is 0 Å². The highest BCUT2D eigenvalue weighted by atomic mass is 16.4. The Labute approximate surface area is 111 Å². The SMILES string of the molecule is CC1CC(C(=O)O)C(C(=O)NCc2ccnn2C)C1. The highest BCUT2D eigenvalue weighted by Gasteiger charge is 2.41. The maximum Gasteiger partial charge on any atom is 0.307 e. The van der Waals surface area contributed by atoms with E-state index in [4.69, 9.17) is 5.11 Å². The number of rotatable bonds is 4. The molecular formula is C13H19N3O3. The lowest BCUT2D eigenvalue weighted by atomic mass is 9.95. The Morgan fingerprint density at radius 1 is 1.47 bits per heavy atom. The summed E-state index contributed by atoms with van der Waals surface area (Å²) in [5.41, 5.74) is 0.895. The van der Waals surface area contributed by atoms with Gasteiger partial charge in [-0.3, -0.25) is 14.3 Å². The zero-order valence-corrected chi connectivity index (χ0v) is 11.2. The number of nitrogens with zero attached hydrogens (tertiary/aromatic N) is 2. The Bertz CT molecular complexity index is 483.